The van der Waals surface area contributed by atoms with Crippen molar-refractivity contribution in [2.75, 3.05) is 6.54 Å². The fourth-order valence-corrected chi connectivity index (χ4v) is 2.65. The van der Waals surface area contributed by atoms with Crippen LogP contribution in [-0.4, -0.2) is 27.0 Å². The lowest BCUT2D eigenvalue weighted by Gasteiger charge is -2.14. The minimum Gasteiger partial charge on any atom is -0.350 e. The number of benzene rings is 1. The van der Waals surface area contributed by atoms with Crippen molar-refractivity contribution in [1.29, 1.82) is 0 Å². The molecule has 5 heteroatoms. The van der Waals surface area contributed by atoms with Crippen LogP contribution in [0.4, 0.5) is 0 Å². The van der Waals surface area contributed by atoms with Gasteiger partial charge in [-0.05, 0) is 12.0 Å². The van der Waals surface area contributed by atoms with E-state index in [1.54, 1.807) is 4.52 Å². The second kappa shape index (κ2) is 6.90. The number of hydrogen-bond acceptors (Lipinski definition) is 3. The van der Waals surface area contributed by atoms with Crippen LogP contribution >= 0.6 is 0 Å². The topological polar surface area (TPSA) is 59.3 Å². The van der Waals surface area contributed by atoms with Crippen molar-refractivity contribution in [3.8, 4) is 11.3 Å². The average Bonchev–Trinajstić information content (AvgIpc) is 3.04. The lowest BCUT2D eigenvalue weighted by molar-refractivity contribution is 0.0941. The highest BCUT2D eigenvalue weighted by molar-refractivity contribution is 5.94. The summed E-state index contributed by atoms with van der Waals surface area (Å²) in [6, 6.07) is 13.7. The summed E-state index contributed by atoms with van der Waals surface area (Å²) in [4.78, 5) is 17.5. The van der Waals surface area contributed by atoms with E-state index in [1.165, 1.54) is 0 Å². The van der Waals surface area contributed by atoms with Gasteiger partial charge in [0.15, 0.2) is 5.65 Å². The first-order chi connectivity index (χ1) is 12.3. The van der Waals surface area contributed by atoms with Gasteiger partial charge in [0.05, 0.1) is 11.4 Å². The van der Waals surface area contributed by atoms with Crippen molar-refractivity contribution < 1.29 is 4.79 Å². The Morgan fingerprint density at radius 3 is 2.46 bits per heavy atom. The van der Waals surface area contributed by atoms with Crippen LogP contribution in [0, 0.1) is 5.92 Å². The molecule has 0 aliphatic rings. The smallest absolute Gasteiger partial charge is 0.270 e. The third kappa shape index (κ3) is 3.77. The van der Waals surface area contributed by atoms with Crippen molar-refractivity contribution in [2.45, 2.75) is 40.0 Å². The molecule has 1 amide bonds. The van der Waals surface area contributed by atoms with E-state index in [2.05, 4.69) is 45.0 Å². The minimum absolute atomic E-state index is 0.119. The van der Waals surface area contributed by atoms with Crippen molar-refractivity contribution in [3.05, 3.63) is 53.9 Å². The molecule has 2 aromatic heterocycles. The van der Waals surface area contributed by atoms with E-state index in [0.29, 0.717) is 23.8 Å². The maximum absolute atomic E-state index is 12.8. The molecular formula is C21H26N4O. The quantitative estimate of drug-likeness (QED) is 0.771. The van der Waals surface area contributed by atoms with Crippen LogP contribution in [0.15, 0.2) is 42.5 Å². The van der Waals surface area contributed by atoms with Crippen molar-refractivity contribution >= 4 is 11.6 Å². The fourth-order valence-electron chi connectivity index (χ4n) is 2.65. The Morgan fingerprint density at radius 1 is 1.15 bits per heavy atom. The summed E-state index contributed by atoms with van der Waals surface area (Å²) < 4.78 is 1.66. The standard InChI is InChI=1S/C21H26N4O/c1-14(2)13-22-20(26)17-11-16(15-9-7-6-8-10-15)23-19-12-18(21(3,4)5)24-25(17)19/h6-12,14H,13H2,1-5H3,(H,22,26). The Labute approximate surface area is 154 Å². The predicted octanol–water partition coefficient (Wildman–Crippen LogP) is 4.08. The normalized spacial score (nSPS) is 11.9. The van der Waals surface area contributed by atoms with Gasteiger partial charge in [0.25, 0.3) is 5.91 Å². The fraction of sp³-hybridized carbons (Fsp3) is 0.381. The highest BCUT2D eigenvalue weighted by Crippen LogP contribution is 2.25. The zero-order valence-corrected chi connectivity index (χ0v) is 16.1. The van der Waals surface area contributed by atoms with Gasteiger partial charge in [0.2, 0.25) is 0 Å². The Kier molecular flexibility index (Phi) is 4.81. The second-order valence-electron chi connectivity index (χ2n) is 8.05. The molecule has 26 heavy (non-hydrogen) atoms. The third-order valence-corrected chi connectivity index (χ3v) is 4.17. The Morgan fingerprint density at radius 2 is 1.85 bits per heavy atom. The highest BCUT2D eigenvalue weighted by Gasteiger charge is 2.22. The van der Waals surface area contributed by atoms with Crippen LogP contribution < -0.4 is 5.32 Å². The molecule has 3 rings (SSSR count). The lowest BCUT2D eigenvalue weighted by Crippen LogP contribution is -2.29. The second-order valence-corrected chi connectivity index (χ2v) is 8.05. The van der Waals surface area contributed by atoms with Crippen LogP contribution in [0.25, 0.3) is 16.9 Å². The number of carbonyl (C=O) groups is 1. The van der Waals surface area contributed by atoms with Crippen molar-refractivity contribution in [3.63, 3.8) is 0 Å². The van der Waals surface area contributed by atoms with Gasteiger partial charge in [-0.2, -0.15) is 5.10 Å². The maximum Gasteiger partial charge on any atom is 0.270 e. The summed E-state index contributed by atoms with van der Waals surface area (Å²) in [6.45, 7) is 11.1. The first-order valence-electron chi connectivity index (χ1n) is 9.00. The van der Waals surface area contributed by atoms with Crippen LogP contribution in [-0.2, 0) is 5.41 Å². The van der Waals surface area contributed by atoms with E-state index in [4.69, 9.17) is 4.98 Å². The SMILES string of the molecule is CC(C)CNC(=O)c1cc(-c2ccccc2)nc2cc(C(C)(C)C)nn12. The number of hydrogen-bond donors (Lipinski definition) is 1. The van der Waals surface area contributed by atoms with Crippen LogP contribution in [0.1, 0.15) is 50.8 Å². The number of fused-ring (bicyclic) bond motifs is 1. The van der Waals surface area contributed by atoms with Crippen LogP contribution in [0.5, 0.6) is 0 Å². The molecule has 2 heterocycles. The van der Waals surface area contributed by atoms with E-state index in [9.17, 15) is 4.79 Å². The molecule has 0 fully saturated rings. The Hall–Kier alpha value is -2.69. The molecule has 0 atom stereocenters. The molecule has 0 aliphatic carbocycles. The van der Waals surface area contributed by atoms with Crippen molar-refractivity contribution in [1.82, 2.24) is 19.9 Å². The molecule has 0 saturated carbocycles. The van der Waals surface area contributed by atoms with Gasteiger partial charge >= 0.3 is 0 Å². The number of amides is 1. The van der Waals surface area contributed by atoms with Crippen LogP contribution in [0.2, 0.25) is 0 Å². The molecule has 0 spiro atoms. The molecule has 5 nitrogen and oxygen atoms in total. The number of rotatable bonds is 4. The summed E-state index contributed by atoms with van der Waals surface area (Å²) >= 11 is 0. The molecule has 0 bridgehead atoms. The van der Waals surface area contributed by atoms with Crippen LogP contribution in [0.3, 0.4) is 0 Å². The summed E-state index contributed by atoms with van der Waals surface area (Å²) in [5.41, 5.74) is 3.73. The number of carbonyl (C=O) groups excluding carboxylic acids is 1. The van der Waals surface area contributed by atoms with E-state index >= 15 is 0 Å². The summed E-state index contributed by atoms with van der Waals surface area (Å²) in [5, 5.41) is 7.65. The maximum atomic E-state index is 12.8. The molecular weight excluding hydrogens is 324 g/mol. The van der Waals surface area contributed by atoms with E-state index < -0.39 is 0 Å². The molecule has 0 saturated heterocycles. The summed E-state index contributed by atoms with van der Waals surface area (Å²) in [6.07, 6.45) is 0. The van der Waals surface area contributed by atoms with E-state index in [-0.39, 0.29) is 11.3 Å². The summed E-state index contributed by atoms with van der Waals surface area (Å²) in [7, 11) is 0. The van der Waals surface area contributed by atoms with Gasteiger partial charge in [-0.25, -0.2) is 9.50 Å². The zero-order chi connectivity index (χ0) is 18.9. The van der Waals surface area contributed by atoms with E-state index in [0.717, 1.165) is 17.0 Å². The lowest BCUT2D eigenvalue weighted by atomic mass is 9.93. The predicted molar refractivity (Wildman–Crippen MR) is 104 cm³/mol. The minimum atomic E-state index is -0.133. The molecule has 0 aliphatic heterocycles. The van der Waals surface area contributed by atoms with Gasteiger partial charge in [0.1, 0.15) is 5.69 Å². The van der Waals surface area contributed by atoms with Gasteiger partial charge in [-0.3, -0.25) is 4.79 Å². The average molecular weight is 350 g/mol. The van der Waals surface area contributed by atoms with Gasteiger partial charge < -0.3 is 5.32 Å². The highest BCUT2D eigenvalue weighted by atomic mass is 16.2. The molecule has 136 valence electrons. The Balaban J connectivity index is 2.15. The van der Waals surface area contributed by atoms with Crippen molar-refractivity contribution in [2.24, 2.45) is 5.92 Å². The molecule has 1 aromatic carbocycles. The molecule has 1 N–H and O–H groups in total. The van der Waals surface area contributed by atoms with Gasteiger partial charge in [0, 0.05) is 23.6 Å². The van der Waals surface area contributed by atoms with Gasteiger partial charge in [-0.1, -0.05) is 65.0 Å². The third-order valence-electron chi connectivity index (χ3n) is 4.17. The monoisotopic (exact) mass is 350 g/mol. The molecule has 0 unspecified atom stereocenters. The number of aromatic nitrogens is 3. The molecule has 3 aromatic rings. The Bertz CT molecular complexity index is 920. The zero-order valence-electron chi connectivity index (χ0n) is 16.1. The first kappa shape index (κ1) is 18.1. The number of nitrogens with zero attached hydrogens (tertiary/aromatic N) is 3. The largest absolute Gasteiger partial charge is 0.350 e. The van der Waals surface area contributed by atoms with Gasteiger partial charge in [-0.15, -0.1) is 0 Å². The molecule has 0 radical (unpaired) electrons. The van der Waals surface area contributed by atoms with E-state index in [1.807, 2.05) is 42.5 Å². The first-order valence-corrected chi connectivity index (χ1v) is 9.00. The summed E-state index contributed by atoms with van der Waals surface area (Å²) in [5.74, 6) is 0.250. The number of nitrogens with one attached hydrogen (secondary N) is 1.